The maximum atomic E-state index is 13.2. The third kappa shape index (κ3) is 5.27. The zero-order valence-corrected chi connectivity index (χ0v) is 21.2. The van der Waals surface area contributed by atoms with Gasteiger partial charge >= 0.3 is 0 Å². The summed E-state index contributed by atoms with van der Waals surface area (Å²) in [7, 11) is 0. The van der Waals surface area contributed by atoms with Gasteiger partial charge in [-0.2, -0.15) is 0 Å². The Morgan fingerprint density at radius 3 is 2.64 bits per heavy atom. The molecule has 1 saturated carbocycles. The SMILES string of the molecule is CC1CCC(CC(=O)N2CCCC[C@@H]2COc2ccc3c(c2)CN(C2CCC(=O)NC2=O)C3=O)CC1. The summed E-state index contributed by atoms with van der Waals surface area (Å²) in [5, 5.41) is 2.33. The van der Waals surface area contributed by atoms with E-state index in [2.05, 4.69) is 12.2 Å². The summed E-state index contributed by atoms with van der Waals surface area (Å²) in [5.74, 6) is 1.35. The molecule has 4 aliphatic rings. The molecule has 3 fully saturated rings. The van der Waals surface area contributed by atoms with E-state index in [1.807, 2.05) is 11.0 Å². The number of rotatable bonds is 6. The minimum Gasteiger partial charge on any atom is -0.491 e. The number of nitrogens with zero attached hydrogens (tertiary/aromatic N) is 2. The van der Waals surface area contributed by atoms with Gasteiger partial charge in [0.15, 0.2) is 0 Å². The van der Waals surface area contributed by atoms with Gasteiger partial charge in [-0.25, -0.2) is 0 Å². The van der Waals surface area contributed by atoms with Crippen LogP contribution in [-0.2, 0) is 20.9 Å². The predicted octanol–water partition coefficient (Wildman–Crippen LogP) is 3.42. The molecular weight excluding hydrogens is 458 g/mol. The zero-order valence-electron chi connectivity index (χ0n) is 21.2. The summed E-state index contributed by atoms with van der Waals surface area (Å²) >= 11 is 0. The third-order valence-electron chi connectivity index (χ3n) is 8.48. The molecule has 3 heterocycles. The lowest BCUT2D eigenvalue weighted by molar-refractivity contribution is -0.138. The van der Waals surface area contributed by atoms with Crippen LogP contribution < -0.4 is 10.1 Å². The fourth-order valence-corrected chi connectivity index (χ4v) is 6.23. The number of hydrogen-bond donors (Lipinski definition) is 1. The molecule has 1 aliphatic carbocycles. The molecule has 8 heteroatoms. The molecule has 0 aromatic heterocycles. The number of carbonyl (C=O) groups excluding carboxylic acids is 4. The van der Waals surface area contributed by atoms with Crippen LogP contribution in [0.15, 0.2) is 18.2 Å². The van der Waals surface area contributed by atoms with Gasteiger partial charge in [-0.15, -0.1) is 0 Å². The van der Waals surface area contributed by atoms with Crippen LogP contribution in [0.5, 0.6) is 5.75 Å². The van der Waals surface area contributed by atoms with E-state index in [4.69, 9.17) is 4.74 Å². The molecule has 0 spiro atoms. The Hall–Kier alpha value is -2.90. The lowest BCUT2D eigenvalue weighted by atomic mass is 9.81. The zero-order chi connectivity index (χ0) is 25.2. The molecule has 194 valence electrons. The van der Waals surface area contributed by atoms with Crippen LogP contribution in [0.2, 0.25) is 0 Å². The highest BCUT2D eigenvalue weighted by Crippen LogP contribution is 2.33. The quantitative estimate of drug-likeness (QED) is 0.610. The molecule has 8 nitrogen and oxygen atoms in total. The van der Waals surface area contributed by atoms with Gasteiger partial charge in [-0.05, 0) is 74.1 Å². The number of amides is 4. The number of hydrogen-bond acceptors (Lipinski definition) is 5. The molecule has 0 radical (unpaired) electrons. The Labute approximate surface area is 212 Å². The Morgan fingerprint density at radius 1 is 1.06 bits per heavy atom. The molecule has 2 atom stereocenters. The fraction of sp³-hybridized carbons (Fsp3) is 0.643. The summed E-state index contributed by atoms with van der Waals surface area (Å²) in [6.45, 7) is 3.87. The summed E-state index contributed by atoms with van der Waals surface area (Å²) in [4.78, 5) is 53.4. The van der Waals surface area contributed by atoms with E-state index in [1.165, 1.54) is 12.8 Å². The van der Waals surface area contributed by atoms with E-state index < -0.39 is 11.9 Å². The highest BCUT2D eigenvalue weighted by atomic mass is 16.5. The molecule has 1 aromatic carbocycles. The fourth-order valence-electron chi connectivity index (χ4n) is 6.23. The standard InChI is InChI=1S/C28H37N3O5/c1-18-5-7-19(8-6-18)14-26(33)30-13-3-2-4-21(30)17-36-22-9-10-23-20(15-22)16-31(28(23)35)24-11-12-25(32)29-27(24)34/h9-10,15,18-19,21,24H,2-8,11-14,16-17H2,1H3,(H,29,32,34)/t18?,19?,21-,24?/m1/s1. The monoisotopic (exact) mass is 495 g/mol. The highest BCUT2D eigenvalue weighted by molar-refractivity contribution is 6.05. The number of imide groups is 1. The van der Waals surface area contributed by atoms with Gasteiger partial charge in [0.05, 0.1) is 6.04 Å². The maximum absolute atomic E-state index is 13.2. The van der Waals surface area contributed by atoms with Gasteiger partial charge in [-0.3, -0.25) is 24.5 Å². The van der Waals surface area contributed by atoms with Crippen molar-refractivity contribution in [2.45, 2.75) is 89.8 Å². The van der Waals surface area contributed by atoms with Crippen molar-refractivity contribution in [1.82, 2.24) is 15.1 Å². The van der Waals surface area contributed by atoms with E-state index in [0.29, 0.717) is 43.2 Å². The molecule has 1 aromatic rings. The van der Waals surface area contributed by atoms with Crippen LogP contribution in [0.25, 0.3) is 0 Å². The normalized spacial score (nSPS) is 28.6. The minimum absolute atomic E-state index is 0.0728. The van der Waals surface area contributed by atoms with Crippen molar-refractivity contribution in [2.75, 3.05) is 13.2 Å². The van der Waals surface area contributed by atoms with Crippen LogP contribution in [0, 0.1) is 11.8 Å². The first-order chi connectivity index (χ1) is 17.4. The molecule has 3 aliphatic heterocycles. The first kappa shape index (κ1) is 24.8. The summed E-state index contributed by atoms with van der Waals surface area (Å²) in [5.41, 5.74) is 1.40. The number of piperidine rings is 2. The van der Waals surface area contributed by atoms with Gasteiger partial charge < -0.3 is 14.5 Å². The molecule has 36 heavy (non-hydrogen) atoms. The van der Waals surface area contributed by atoms with Crippen molar-refractivity contribution < 1.29 is 23.9 Å². The number of nitrogens with one attached hydrogen (secondary N) is 1. The van der Waals surface area contributed by atoms with E-state index in [-0.39, 0.29) is 30.2 Å². The number of fused-ring (bicyclic) bond motifs is 1. The Kier molecular flexibility index (Phi) is 7.30. The number of carbonyl (C=O) groups is 4. The van der Waals surface area contributed by atoms with E-state index in [1.54, 1.807) is 17.0 Å². The van der Waals surface area contributed by atoms with E-state index >= 15 is 0 Å². The second-order valence-electron chi connectivity index (χ2n) is 11.1. The van der Waals surface area contributed by atoms with Crippen LogP contribution >= 0.6 is 0 Å². The predicted molar refractivity (Wildman–Crippen MR) is 133 cm³/mol. The van der Waals surface area contributed by atoms with Gasteiger partial charge in [0.25, 0.3) is 5.91 Å². The molecule has 1 N–H and O–H groups in total. The average molecular weight is 496 g/mol. The molecule has 2 saturated heterocycles. The van der Waals surface area contributed by atoms with Crippen molar-refractivity contribution in [3.8, 4) is 5.75 Å². The van der Waals surface area contributed by atoms with E-state index in [0.717, 1.165) is 50.1 Å². The van der Waals surface area contributed by atoms with Crippen LogP contribution in [0.3, 0.4) is 0 Å². The first-order valence-corrected chi connectivity index (χ1v) is 13.6. The lowest BCUT2D eigenvalue weighted by Gasteiger charge is -2.37. The molecular formula is C28H37N3O5. The Morgan fingerprint density at radius 2 is 1.86 bits per heavy atom. The van der Waals surface area contributed by atoms with E-state index in [9.17, 15) is 19.2 Å². The minimum atomic E-state index is -0.624. The maximum Gasteiger partial charge on any atom is 0.255 e. The van der Waals surface area contributed by atoms with Crippen molar-refractivity contribution >= 4 is 23.6 Å². The molecule has 5 rings (SSSR count). The Bertz CT molecular complexity index is 1030. The average Bonchev–Trinajstić information content (AvgIpc) is 3.19. The number of ether oxygens (including phenoxy) is 1. The van der Waals surface area contributed by atoms with Gasteiger partial charge in [-0.1, -0.05) is 19.8 Å². The summed E-state index contributed by atoms with van der Waals surface area (Å²) in [6.07, 6.45) is 9.09. The van der Waals surface area contributed by atoms with Crippen molar-refractivity contribution in [2.24, 2.45) is 11.8 Å². The molecule has 0 bridgehead atoms. The number of likely N-dealkylation sites (tertiary alicyclic amines) is 1. The van der Waals surface area contributed by atoms with Crippen LogP contribution in [0.1, 0.15) is 87.1 Å². The molecule has 1 unspecified atom stereocenters. The van der Waals surface area contributed by atoms with Gasteiger partial charge in [0, 0.05) is 31.5 Å². The van der Waals surface area contributed by atoms with Gasteiger partial charge in [0.1, 0.15) is 18.4 Å². The summed E-state index contributed by atoms with van der Waals surface area (Å²) < 4.78 is 6.16. The van der Waals surface area contributed by atoms with Crippen LogP contribution in [0.4, 0.5) is 0 Å². The third-order valence-corrected chi connectivity index (χ3v) is 8.48. The topological polar surface area (TPSA) is 96.0 Å². The second kappa shape index (κ2) is 10.6. The first-order valence-electron chi connectivity index (χ1n) is 13.6. The second-order valence-corrected chi connectivity index (χ2v) is 11.1. The summed E-state index contributed by atoms with van der Waals surface area (Å²) in [6, 6.07) is 4.87. The largest absolute Gasteiger partial charge is 0.491 e. The van der Waals surface area contributed by atoms with Gasteiger partial charge in [0.2, 0.25) is 17.7 Å². The molecule has 4 amide bonds. The lowest BCUT2D eigenvalue weighted by Crippen LogP contribution is -2.52. The van der Waals surface area contributed by atoms with Crippen molar-refractivity contribution in [1.29, 1.82) is 0 Å². The smallest absolute Gasteiger partial charge is 0.255 e. The van der Waals surface area contributed by atoms with Crippen LogP contribution in [-0.4, -0.2) is 58.7 Å². The van der Waals surface area contributed by atoms with Crippen molar-refractivity contribution in [3.63, 3.8) is 0 Å². The highest BCUT2D eigenvalue weighted by Gasteiger charge is 2.39. The number of benzene rings is 1. The Balaban J connectivity index is 1.19. The van der Waals surface area contributed by atoms with Crippen molar-refractivity contribution in [3.05, 3.63) is 29.3 Å².